The number of thiophene rings is 1. The molecule has 0 bridgehead atoms. The fourth-order valence-corrected chi connectivity index (χ4v) is 2.23. The lowest BCUT2D eigenvalue weighted by molar-refractivity contribution is 0.0998. The van der Waals surface area contributed by atoms with Gasteiger partial charge in [0.25, 0.3) is 0 Å². The van der Waals surface area contributed by atoms with Gasteiger partial charge in [-0.05, 0) is 23.9 Å². The maximum absolute atomic E-state index is 11.7. The second-order valence-corrected chi connectivity index (χ2v) is 4.07. The molecule has 3 nitrogen and oxygen atoms in total. The Morgan fingerprint density at radius 3 is 3.14 bits per heavy atom. The number of aryl methyl sites for hydroxylation is 1. The summed E-state index contributed by atoms with van der Waals surface area (Å²) in [7, 11) is 0. The number of carbonyl (C=O) groups is 1. The van der Waals surface area contributed by atoms with Gasteiger partial charge in [-0.3, -0.25) is 9.79 Å². The summed E-state index contributed by atoms with van der Waals surface area (Å²) in [5.41, 5.74) is 1.04. The Balaban J connectivity index is 2.06. The molecule has 4 heteroatoms. The highest BCUT2D eigenvalue weighted by Crippen LogP contribution is 2.18. The molecule has 0 unspecified atom stereocenters. The van der Waals surface area contributed by atoms with Gasteiger partial charge in [-0.1, -0.05) is 0 Å². The Hall–Kier alpha value is -1.16. The molecule has 2 rings (SSSR count). The molecule has 0 aliphatic carbocycles. The van der Waals surface area contributed by atoms with E-state index in [1.807, 2.05) is 18.4 Å². The monoisotopic (exact) mass is 209 g/mol. The average Bonchev–Trinajstić information content (AvgIpc) is 2.75. The van der Waals surface area contributed by atoms with Crippen molar-refractivity contribution in [2.75, 3.05) is 13.2 Å². The maximum Gasteiger partial charge on any atom is 0.191 e. The number of aliphatic imine (C=N–C) groups is 1. The summed E-state index contributed by atoms with van der Waals surface area (Å²) >= 11 is 1.48. The summed E-state index contributed by atoms with van der Waals surface area (Å²) in [5.74, 6) is 0.695. The van der Waals surface area contributed by atoms with Crippen molar-refractivity contribution in [2.45, 2.75) is 13.3 Å². The molecule has 0 radical (unpaired) electrons. The van der Waals surface area contributed by atoms with E-state index in [1.165, 1.54) is 11.3 Å². The molecule has 0 atom stereocenters. The number of ether oxygens (including phenoxy) is 1. The van der Waals surface area contributed by atoms with Gasteiger partial charge in [0.15, 0.2) is 11.7 Å². The maximum atomic E-state index is 11.7. The first kappa shape index (κ1) is 9.40. The van der Waals surface area contributed by atoms with Crippen LogP contribution in [0.3, 0.4) is 0 Å². The molecule has 14 heavy (non-hydrogen) atoms. The molecular weight excluding hydrogens is 198 g/mol. The zero-order chi connectivity index (χ0) is 9.97. The standard InChI is InChI=1S/C10H11NO2S/c1-7-2-5-14-10(7)8(12)6-9-11-3-4-13-9/h2,5H,3-4,6H2,1H3. The van der Waals surface area contributed by atoms with Gasteiger partial charge >= 0.3 is 0 Å². The number of hydrogen-bond acceptors (Lipinski definition) is 4. The normalized spacial score (nSPS) is 15.1. The molecule has 0 amide bonds. The van der Waals surface area contributed by atoms with Crippen LogP contribution in [0.4, 0.5) is 0 Å². The molecular formula is C10H11NO2S. The third-order valence-electron chi connectivity index (χ3n) is 2.08. The van der Waals surface area contributed by atoms with Crippen LogP contribution in [0.25, 0.3) is 0 Å². The van der Waals surface area contributed by atoms with E-state index >= 15 is 0 Å². The minimum atomic E-state index is 0.109. The third-order valence-corrected chi connectivity index (χ3v) is 3.13. The van der Waals surface area contributed by atoms with Gasteiger partial charge in [0.2, 0.25) is 0 Å². The van der Waals surface area contributed by atoms with Gasteiger partial charge in [-0.25, -0.2) is 0 Å². The highest BCUT2D eigenvalue weighted by Gasteiger charge is 2.16. The van der Waals surface area contributed by atoms with Crippen molar-refractivity contribution < 1.29 is 9.53 Å². The molecule has 0 aromatic carbocycles. The van der Waals surface area contributed by atoms with Crippen molar-refractivity contribution in [3.8, 4) is 0 Å². The van der Waals surface area contributed by atoms with Crippen LogP contribution >= 0.6 is 11.3 Å². The molecule has 0 fully saturated rings. The summed E-state index contributed by atoms with van der Waals surface area (Å²) in [6.45, 7) is 3.25. The summed E-state index contributed by atoms with van der Waals surface area (Å²) in [6.07, 6.45) is 0.307. The lowest BCUT2D eigenvalue weighted by Gasteiger charge is -2.00. The number of rotatable bonds is 3. The second kappa shape index (κ2) is 3.92. The van der Waals surface area contributed by atoms with Crippen LogP contribution in [0.15, 0.2) is 16.4 Å². The van der Waals surface area contributed by atoms with Crippen molar-refractivity contribution in [1.29, 1.82) is 0 Å². The van der Waals surface area contributed by atoms with Gasteiger partial charge < -0.3 is 4.74 Å². The average molecular weight is 209 g/mol. The lowest BCUT2D eigenvalue weighted by atomic mass is 10.2. The lowest BCUT2D eigenvalue weighted by Crippen LogP contribution is -2.08. The fourth-order valence-electron chi connectivity index (χ4n) is 1.36. The first-order valence-electron chi connectivity index (χ1n) is 4.51. The van der Waals surface area contributed by atoms with Crippen molar-refractivity contribution in [3.05, 3.63) is 21.9 Å². The first-order chi connectivity index (χ1) is 6.77. The fraction of sp³-hybridized carbons (Fsp3) is 0.400. The quantitative estimate of drug-likeness (QED) is 0.715. The molecule has 1 aromatic rings. The summed E-state index contributed by atoms with van der Waals surface area (Å²) in [5, 5.41) is 1.93. The molecule has 2 heterocycles. The van der Waals surface area contributed by atoms with Crippen molar-refractivity contribution in [1.82, 2.24) is 0 Å². The predicted molar refractivity (Wildman–Crippen MR) is 56.3 cm³/mol. The SMILES string of the molecule is Cc1ccsc1C(=O)CC1=NCCO1. The van der Waals surface area contributed by atoms with E-state index in [1.54, 1.807) is 0 Å². The number of Topliss-reactive ketones (excluding diaryl/α,β-unsaturated/α-hetero) is 1. The van der Waals surface area contributed by atoms with E-state index in [9.17, 15) is 4.79 Å². The van der Waals surface area contributed by atoms with Crippen LogP contribution in [0, 0.1) is 6.92 Å². The zero-order valence-electron chi connectivity index (χ0n) is 7.95. The van der Waals surface area contributed by atoms with Crippen molar-refractivity contribution in [3.63, 3.8) is 0 Å². The van der Waals surface area contributed by atoms with Crippen LogP contribution < -0.4 is 0 Å². The first-order valence-corrected chi connectivity index (χ1v) is 5.39. The summed E-state index contributed by atoms with van der Waals surface area (Å²) < 4.78 is 5.20. The van der Waals surface area contributed by atoms with E-state index in [-0.39, 0.29) is 5.78 Å². The summed E-state index contributed by atoms with van der Waals surface area (Å²) in [4.78, 5) is 16.6. The molecule has 1 aliphatic rings. The van der Waals surface area contributed by atoms with Gasteiger partial charge in [0, 0.05) is 0 Å². The molecule has 1 aliphatic heterocycles. The Labute approximate surface area is 86.4 Å². The van der Waals surface area contributed by atoms with Crippen LogP contribution in [-0.4, -0.2) is 24.8 Å². The topological polar surface area (TPSA) is 38.7 Å². The number of nitrogens with zero attached hydrogens (tertiary/aromatic N) is 1. The van der Waals surface area contributed by atoms with Crippen molar-refractivity contribution in [2.24, 2.45) is 4.99 Å². The van der Waals surface area contributed by atoms with Gasteiger partial charge in [0.1, 0.15) is 6.61 Å². The summed E-state index contributed by atoms with van der Waals surface area (Å²) in [6, 6.07) is 1.95. The predicted octanol–water partition coefficient (Wildman–Crippen LogP) is 2.06. The Bertz CT molecular complexity index is 381. The third kappa shape index (κ3) is 1.85. The highest BCUT2D eigenvalue weighted by atomic mass is 32.1. The van der Waals surface area contributed by atoms with E-state index in [2.05, 4.69) is 4.99 Å². The number of hydrogen-bond donors (Lipinski definition) is 0. The van der Waals surface area contributed by atoms with Crippen molar-refractivity contribution >= 4 is 23.0 Å². The minimum absolute atomic E-state index is 0.109. The largest absolute Gasteiger partial charge is 0.479 e. The Kier molecular flexibility index (Phi) is 2.63. The number of carbonyl (C=O) groups excluding carboxylic acids is 1. The smallest absolute Gasteiger partial charge is 0.191 e. The van der Waals surface area contributed by atoms with Gasteiger partial charge in [-0.15, -0.1) is 11.3 Å². The molecule has 1 aromatic heterocycles. The molecule has 0 spiro atoms. The zero-order valence-corrected chi connectivity index (χ0v) is 8.76. The molecule has 0 N–H and O–H groups in total. The van der Waals surface area contributed by atoms with E-state index in [4.69, 9.17) is 4.74 Å². The van der Waals surface area contributed by atoms with Crippen LogP contribution in [0.2, 0.25) is 0 Å². The van der Waals surface area contributed by atoms with E-state index < -0.39 is 0 Å². The van der Waals surface area contributed by atoms with Crippen LogP contribution in [0.5, 0.6) is 0 Å². The minimum Gasteiger partial charge on any atom is -0.479 e. The Morgan fingerprint density at radius 2 is 2.57 bits per heavy atom. The van der Waals surface area contributed by atoms with Gasteiger partial charge in [0.05, 0.1) is 17.8 Å². The Morgan fingerprint density at radius 1 is 1.71 bits per heavy atom. The van der Waals surface area contributed by atoms with Crippen LogP contribution in [-0.2, 0) is 4.74 Å². The van der Waals surface area contributed by atoms with Gasteiger partial charge in [-0.2, -0.15) is 0 Å². The number of ketones is 1. The van der Waals surface area contributed by atoms with Crippen LogP contribution in [0.1, 0.15) is 21.7 Å². The second-order valence-electron chi connectivity index (χ2n) is 3.16. The molecule has 74 valence electrons. The van der Waals surface area contributed by atoms with E-state index in [0.29, 0.717) is 25.5 Å². The highest BCUT2D eigenvalue weighted by molar-refractivity contribution is 7.12. The molecule has 0 saturated heterocycles. The van der Waals surface area contributed by atoms with E-state index in [0.717, 1.165) is 10.4 Å². The molecule has 0 saturated carbocycles.